The van der Waals surface area contributed by atoms with Gasteiger partial charge in [-0.2, -0.15) is 8.42 Å². The number of nitrogens with two attached hydrogens (primary N) is 1. The highest BCUT2D eigenvalue weighted by atomic mass is 32.2. The molecule has 0 bridgehead atoms. The van der Waals surface area contributed by atoms with E-state index in [0.29, 0.717) is 10.4 Å². The van der Waals surface area contributed by atoms with Crippen molar-refractivity contribution in [3.05, 3.63) is 34.7 Å². The number of hydrogen-bond acceptors (Lipinski definition) is 4. The zero-order valence-corrected chi connectivity index (χ0v) is 8.53. The topological polar surface area (TPSA) is 80.4 Å². The molecule has 0 fully saturated rings. The summed E-state index contributed by atoms with van der Waals surface area (Å²) in [5.41, 5.74) is 5.59. The van der Waals surface area contributed by atoms with Gasteiger partial charge in [-0.05, 0) is 11.3 Å². The van der Waals surface area contributed by atoms with Crippen molar-refractivity contribution in [3.63, 3.8) is 0 Å². The minimum Gasteiger partial charge on any atom is -0.510 e. The maximum absolute atomic E-state index is 10.8. The number of rotatable bonds is 0. The van der Waals surface area contributed by atoms with E-state index in [1.54, 1.807) is 24.3 Å². The standard InChI is InChI=1S/C10H9NO3S/c11-9-8(15(13)14)5-6-3-1-2-4-7(6)10(9)12/h1-5,9,12H,11H2. The lowest BCUT2D eigenvalue weighted by molar-refractivity contribution is 0.478. The van der Waals surface area contributed by atoms with Gasteiger partial charge in [0.15, 0.2) is 0 Å². The zero-order valence-electron chi connectivity index (χ0n) is 7.71. The van der Waals surface area contributed by atoms with Crippen molar-refractivity contribution in [3.8, 4) is 0 Å². The van der Waals surface area contributed by atoms with Gasteiger partial charge in [-0.3, -0.25) is 0 Å². The van der Waals surface area contributed by atoms with Gasteiger partial charge in [0.2, 0.25) is 10.3 Å². The molecule has 0 saturated heterocycles. The number of benzene rings is 1. The summed E-state index contributed by atoms with van der Waals surface area (Å²) in [6, 6.07) is 5.99. The van der Waals surface area contributed by atoms with E-state index >= 15 is 0 Å². The molecule has 0 radical (unpaired) electrons. The summed E-state index contributed by atoms with van der Waals surface area (Å²) in [6.07, 6.45) is 1.48. The molecule has 5 heteroatoms. The van der Waals surface area contributed by atoms with Crippen LogP contribution in [0.3, 0.4) is 0 Å². The van der Waals surface area contributed by atoms with Gasteiger partial charge in [0, 0.05) is 5.22 Å². The van der Waals surface area contributed by atoms with Crippen molar-refractivity contribution in [1.82, 2.24) is 0 Å². The largest absolute Gasteiger partial charge is 0.510 e. The highest BCUT2D eigenvalue weighted by Crippen LogP contribution is 2.00. The minimum absolute atomic E-state index is 0.00574. The Kier molecular flexibility index (Phi) is 2.34. The Balaban J connectivity index is 2.97. The average Bonchev–Trinajstić information content (AvgIpc) is 2.23. The summed E-state index contributed by atoms with van der Waals surface area (Å²) < 4.78 is 21.7. The molecule has 1 aromatic rings. The Morgan fingerprint density at radius 3 is 2.60 bits per heavy atom. The molecular formula is C10H9NO3S. The van der Waals surface area contributed by atoms with Gasteiger partial charge in [-0.1, -0.05) is 24.3 Å². The number of hydrogen-bond donors (Lipinski definition) is 2. The molecule has 1 aliphatic carbocycles. The summed E-state index contributed by atoms with van der Waals surface area (Å²) in [7, 11) is -2.40. The van der Waals surface area contributed by atoms with Crippen LogP contribution >= 0.6 is 0 Å². The Bertz CT molecular complexity index is 650. The monoisotopic (exact) mass is 223 g/mol. The van der Waals surface area contributed by atoms with E-state index < -0.39 is 16.3 Å². The summed E-state index contributed by atoms with van der Waals surface area (Å²) in [5, 5.41) is 11.0. The maximum atomic E-state index is 10.8. The van der Waals surface area contributed by atoms with Gasteiger partial charge in [0.05, 0.1) is 4.86 Å². The Morgan fingerprint density at radius 2 is 1.93 bits per heavy atom. The van der Waals surface area contributed by atoms with Crippen LogP contribution in [0.2, 0.25) is 0 Å². The summed E-state index contributed by atoms with van der Waals surface area (Å²) in [6.45, 7) is 0. The van der Waals surface area contributed by atoms with Crippen LogP contribution in [0.1, 0.15) is 0 Å². The highest BCUT2D eigenvalue weighted by Gasteiger charge is 2.19. The fourth-order valence-electron chi connectivity index (χ4n) is 1.55. The van der Waals surface area contributed by atoms with Crippen molar-refractivity contribution >= 4 is 27.0 Å². The molecule has 0 heterocycles. The predicted octanol–water partition coefficient (Wildman–Crippen LogP) is -1.47. The molecule has 3 N–H and O–H groups in total. The first kappa shape index (κ1) is 9.95. The first-order valence-electron chi connectivity index (χ1n) is 4.33. The van der Waals surface area contributed by atoms with Crippen LogP contribution in [-0.2, 0) is 10.3 Å². The van der Waals surface area contributed by atoms with E-state index in [0.717, 1.165) is 0 Å². The summed E-state index contributed by atoms with van der Waals surface area (Å²) in [4.78, 5) is 0.00574. The van der Waals surface area contributed by atoms with Gasteiger partial charge < -0.3 is 10.8 Å². The number of fused-ring (bicyclic) bond motifs is 1. The molecule has 2 rings (SSSR count). The van der Waals surface area contributed by atoms with Crippen molar-refractivity contribution in [2.45, 2.75) is 6.04 Å². The lowest BCUT2D eigenvalue weighted by atomic mass is 10.0. The van der Waals surface area contributed by atoms with Crippen LogP contribution in [0.25, 0.3) is 11.8 Å². The molecule has 78 valence electrons. The van der Waals surface area contributed by atoms with Gasteiger partial charge in [0.25, 0.3) is 0 Å². The van der Waals surface area contributed by atoms with Crippen LogP contribution in [0.5, 0.6) is 0 Å². The summed E-state index contributed by atoms with van der Waals surface area (Å²) in [5.74, 6) is -0.104. The molecule has 4 nitrogen and oxygen atoms in total. The molecular weight excluding hydrogens is 214 g/mol. The molecule has 0 aromatic heterocycles. The second-order valence-electron chi connectivity index (χ2n) is 3.23. The van der Waals surface area contributed by atoms with E-state index in [9.17, 15) is 13.5 Å². The molecule has 15 heavy (non-hydrogen) atoms. The number of aliphatic hydroxyl groups excluding tert-OH is 1. The van der Waals surface area contributed by atoms with Crippen LogP contribution in [0, 0.1) is 0 Å². The average molecular weight is 223 g/mol. The Hall–Kier alpha value is -1.59. The van der Waals surface area contributed by atoms with Crippen LogP contribution in [0.4, 0.5) is 0 Å². The second-order valence-corrected chi connectivity index (χ2v) is 4.17. The Labute approximate surface area is 87.5 Å². The van der Waals surface area contributed by atoms with Crippen molar-refractivity contribution < 1.29 is 13.5 Å². The SMILES string of the molecule is NC1C(O)=c2ccccc2=CC1=S(=O)=O. The molecule has 0 spiro atoms. The predicted molar refractivity (Wildman–Crippen MR) is 58.1 cm³/mol. The molecule has 0 aliphatic heterocycles. The van der Waals surface area contributed by atoms with Crippen molar-refractivity contribution in [1.29, 1.82) is 0 Å². The van der Waals surface area contributed by atoms with E-state index in [1.165, 1.54) is 6.08 Å². The van der Waals surface area contributed by atoms with Crippen molar-refractivity contribution in [2.75, 3.05) is 0 Å². The first-order chi connectivity index (χ1) is 7.11. The highest BCUT2D eigenvalue weighted by molar-refractivity contribution is 7.74. The quantitative estimate of drug-likeness (QED) is 0.526. The van der Waals surface area contributed by atoms with E-state index in [2.05, 4.69) is 0 Å². The fraction of sp³-hybridized carbons (Fsp3) is 0.100. The normalized spacial score (nSPS) is 19.4. The number of aliphatic hydroxyl groups is 1. The minimum atomic E-state index is -2.40. The second kappa shape index (κ2) is 3.52. The van der Waals surface area contributed by atoms with E-state index in [-0.39, 0.29) is 10.6 Å². The lowest BCUT2D eigenvalue weighted by Crippen LogP contribution is -2.44. The van der Waals surface area contributed by atoms with Crippen LogP contribution in [0.15, 0.2) is 24.3 Å². The molecule has 0 saturated carbocycles. The third-order valence-electron chi connectivity index (χ3n) is 2.33. The first-order valence-corrected chi connectivity index (χ1v) is 5.40. The zero-order chi connectivity index (χ0) is 11.0. The van der Waals surface area contributed by atoms with Crippen LogP contribution < -0.4 is 16.2 Å². The third-order valence-corrected chi connectivity index (χ3v) is 3.08. The van der Waals surface area contributed by atoms with E-state index in [4.69, 9.17) is 5.73 Å². The molecule has 1 unspecified atom stereocenters. The van der Waals surface area contributed by atoms with Crippen molar-refractivity contribution in [2.24, 2.45) is 5.73 Å². The van der Waals surface area contributed by atoms with Gasteiger partial charge >= 0.3 is 0 Å². The molecule has 0 amide bonds. The fourth-order valence-corrected chi connectivity index (χ4v) is 2.10. The summed E-state index contributed by atoms with van der Waals surface area (Å²) >= 11 is 0. The smallest absolute Gasteiger partial charge is 0.219 e. The van der Waals surface area contributed by atoms with Gasteiger partial charge in [-0.25, -0.2) is 0 Å². The van der Waals surface area contributed by atoms with Crippen LogP contribution in [-0.4, -0.2) is 24.4 Å². The molecule has 1 aromatic carbocycles. The maximum Gasteiger partial charge on any atom is 0.219 e. The Morgan fingerprint density at radius 1 is 1.27 bits per heavy atom. The third kappa shape index (κ3) is 1.55. The van der Waals surface area contributed by atoms with E-state index in [1.807, 2.05) is 0 Å². The lowest BCUT2D eigenvalue weighted by Gasteiger charge is -2.13. The molecule has 1 atom stereocenters. The molecule has 1 aliphatic rings. The van der Waals surface area contributed by atoms with Gasteiger partial charge in [0.1, 0.15) is 11.8 Å². The van der Waals surface area contributed by atoms with Gasteiger partial charge in [-0.15, -0.1) is 0 Å².